The summed E-state index contributed by atoms with van der Waals surface area (Å²) in [5.41, 5.74) is 0.347. The molecule has 0 saturated heterocycles. The van der Waals surface area contributed by atoms with E-state index < -0.39 is 5.97 Å². The van der Waals surface area contributed by atoms with E-state index in [1.807, 2.05) is 0 Å². The number of carbonyl (C=O) groups is 2. The van der Waals surface area contributed by atoms with E-state index in [-0.39, 0.29) is 19.2 Å². The molecule has 0 amide bonds. The van der Waals surface area contributed by atoms with Gasteiger partial charge in [0.1, 0.15) is 13.2 Å². The molecule has 0 aliphatic heterocycles. The Morgan fingerprint density at radius 2 is 1.25 bits per heavy atom. The van der Waals surface area contributed by atoms with Crippen LogP contribution in [0.2, 0.25) is 0 Å². The molecule has 0 heterocycles. The van der Waals surface area contributed by atoms with Crippen LogP contribution in [0.1, 0.15) is 104 Å². The van der Waals surface area contributed by atoms with Crippen LogP contribution in [0.3, 0.4) is 0 Å². The maximum absolute atomic E-state index is 11.6. The zero-order valence-electron chi connectivity index (χ0n) is 18.3. The molecule has 4 heteroatoms. The predicted molar refractivity (Wildman–Crippen MR) is 116 cm³/mol. The van der Waals surface area contributed by atoms with Gasteiger partial charge in [0, 0.05) is 12.0 Å². The Labute approximate surface area is 172 Å². The third-order valence-corrected chi connectivity index (χ3v) is 4.57. The van der Waals surface area contributed by atoms with Crippen molar-refractivity contribution in [2.75, 3.05) is 13.2 Å². The van der Waals surface area contributed by atoms with Gasteiger partial charge in [-0.05, 0) is 39.0 Å². The molecule has 0 fully saturated rings. The first-order valence-corrected chi connectivity index (χ1v) is 11.2. The molecule has 162 valence electrons. The van der Waals surface area contributed by atoms with Crippen LogP contribution in [0.15, 0.2) is 24.3 Å². The van der Waals surface area contributed by atoms with E-state index in [4.69, 9.17) is 9.47 Å². The van der Waals surface area contributed by atoms with E-state index in [9.17, 15) is 9.59 Å². The Morgan fingerprint density at radius 3 is 1.82 bits per heavy atom. The highest BCUT2D eigenvalue weighted by atomic mass is 16.6. The monoisotopic (exact) mass is 394 g/mol. The Kier molecular flexibility index (Phi) is 19.0. The first-order chi connectivity index (χ1) is 13.6. The predicted octanol–water partition coefficient (Wildman–Crippen LogP) is 6.69. The van der Waals surface area contributed by atoms with Crippen molar-refractivity contribution in [3.8, 4) is 0 Å². The zero-order chi connectivity index (χ0) is 20.9. The Morgan fingerprint density at radius 1 is 0.750 bits per heavy atom. The van der Waals surface area contributed by atoms with Crippen molar-refractivity contribution in [2.45, 2.75) is 104 Å². The quantitative estimate of drug-likeness (QED) is 0.106. The SMILES string of the molecule is C=C(C)C(=O)OCCOC(=O)CCCCCCC/C=C/CCCCCCCC. The summed E-state index contributed by atoms with van der Waals surface area (Å²) in [5.74, 6) is -0.669. The standard InChI is InChI=1S/C24H42O4/c1-4-5-6-7-8-9-10-11-12-13-14-15-16-17-18-19-23(25)27-20-21-28-24(26)22(2)3/h11-12H,2,4-10,13-21H2,1,3H3/b12-11+. The molecule has 0 atom stereocenters. The van der Waals surface area contributed by atoms with Gasteiger partial charge in [-0.2, -0.15) is 0 Å². The highest BCUT2D eigenvalue weighted by Gasteiger charge is 2.05. The minimum Gasteiger partial charge on any atom is -0.462 e. The van der Waals surface area contributed by atoms with Gasteiger partial charge in [-0.15, -0.1) is 0 Å². The largest absolute Gasteiger partial charge is 0.462 e. The van der Waals surface area contributed by atoms with Crippen LogP contribution >= 0.6 is 0 Å². The van der Waals surface area contributed by atoms with Crippen LogP contribution in [-0.4, -0.2) is 25.2 Å². The fourth-order valence-electron chi connectivity index (χ4n) is 2.83. The van der Waals surface area contributed by atoms with Gasteiger partial charge in [0.05, 0.1) is 0 Å². The van der Waals surface area contributed by atoms with Gasteiger partial charge in [0.2, 0.25) is 0 Å². The van der Waals surface area contributed by atoms with Gasteiger partial charge in [-0.25, -0.2) is 4.79 Å². The summed E-state index contributed by atoms with van der Waals surface area (Å²) in [6.45, 7) is 7.53. The van der Waals surface area contributed by atoms with Crippen molar-refractivity contribution in [2.24, 2.45) is 0 Å². The lowest BCUT2D eigenvalue weighted by Gasteiger charge is -2.06. The number of rotatable bonds is 19. The molecular weight excluding hydrogens is 352 g/mol. The number of allylic oxidation sites excluding steroid dienone is 2. The lowest BCUT2D eigenvalue weighted by molar-refractivity contribution is -0.150. The van der Waals surface area contributed by atoms with Crippen molar-refractivity contribution in [1.82, 2.24) is 0 Å². The summed E-state index contributed by atoms with van der Waals surface area (Å²) in [5, 5.41) is 0. The van der Waals surface area contributed by atoms with Crippen LogP contribution in [0, 0.1) is 0 Å². The molecule has 28 heavy (non-hydrogen) atoms. The Balaban J connectivity index is 3.29. The third kappa shape index (κ3) is 19.2. The summed E-state index contributed by atoms with van der Waals surface area (Å²) in [6.07, 6.45) is 21.2. The van der Waals surface area contributed by atoms with Crippen LogP contribution in [0.4, 0.5) is 0 Å². The average molecular weight is 395 g/mol. The van der Waals surface area contributed by atoms with Gasteiger partial charge in [0.25, 0.3) is 0 Å². The van der Waals surface area contributed by atoms with Gasteiger partial charge in [0.15, 0.2) is 0 Å². The van der Waals surface area contributed by atoms with E-state index >= 15 is 0 Å². The molecule has 0 aliphatic carbocycles. The summed E-state index contributed by atoms with van der Waals surface area (Å²) < 4.78 is 9.90. The summed E-state index contributed by atoms with van der Waals surface area (Å²) in [4.78, 5) is 22.7. The minimum absolute atomic E-state index is 0.0871. The molecule has 0 saturated carbocycles. The fraction of sp³-hybridized carbons (Fsp3) is 0.750. The molecule has 0 N–H and O–H groups in total. The number of esters is 2. The molecule has 4 nitrogen and oxygen atoms in total. The van der Waals surface area contributed by atoms with Gasteiger partial charge >= 0.3 is 11.9 Å². The minimum atomic E-state index is -0.451. The molecule has 0 bridgehead atoms. The van der Waals surface area contributed by atoms with E-state index in [1.54, 1.807) is 6.92 Å². The van der Waals surface area contributed by atoms with Gasteiger partial charge in [-0.3, -0.25) is 4.79 Å². The van der Waals surface area contributed by atoms with Gasteiger partial charge in [-0.1, -0.05) is 77.0 Å². The smallest absolute Gasteiger partial charge is 0.333 e. The first kappa shape index (κ1) is 26.4. The molecule has 0 radical (unpaired) electrons. The van der Waals surface area contributed by atoms with Crippen LogP contribution in [0.5, 0.6) is 0 Å². The number of carbonyl (C=O) groups excluding carboxylic acids is 2. The Bertz CT molecular complexity index is 440. The average Bonchev–Trinajstić information content (AvgIpc) is 2.68. The maximum atomic E-state index is 11.6. The summed E-state index contributed by atoms with van der Waals surface area (Å²) in [7, 11) is 0. The number of hydrogen-bond donors (Lipinski definition) is 0. The summed E-state index contributed by atoms with van der Waals surface area (Å²) in [6, 6.07) is 0. The van der Waals surface area contributed by atoms with Crippen molar-refractivity contribution in [3.63, 3.8) is 0 Å². The van der Waals surface area contributed by atoms with Crippen molar-refractivity contribution in [1.29, 1.82) is 0 Å². The highest BCUT2D eigenvalue weighted by molar-refractivity contribution is 5.86. The maximum Gasteiger partial charge on any atom is 0.333 e. The van der Waals surface area contributed by atoms with E-state index in [0.717, 1.165) is 19.3 Å². The second-order valence-corrected chi connectivity index (χ2v) is 7.47. The molecule has 0 aromatic heterocycles. The third-order valence-electron chi connectivity index (χ3n) is 4.57. The number of ether oxygens (including phenoxy) is 2. The van der Waals surface area contributed by atoms with Crippen LogP contribution < -0.4 is 0 Å². The van der Waals surface area contributed by atoms with Crippen LogP contribution in [-0.2, 0) is 19.1 Å². The van der Waals surface area contributed by atoms with Crippen molar-refractivity contribution < 1.29 is 19.1 Å². The summed E-state index contributed by atoms with van der Waals surface area (Å²) >= 11 is 0. The molecule has 0 spiro atoms. The molecule has 0 aromatic rings. The molecule has 0 aromatic carbocycles. The second-order valence-electron chi connectivity index (χ2n) is 7.47. The van der Waals surface area contributed by atoms with E-state index in [1.165, 1.54) is 64.2 Å². The first-order valence-electron chi connectivity index (χ1n) is 11.2. The fourth-order valence-corrected chi connectivity index (χ4v) is 2.83. The highest BCUT2D eigenvalue weighted by Crippen LogP contribution is 2.10. The lowest BCUT2D eigenvalue weighted by atomic mass is 10.1. The zero-order valence-corrected chi connectivity index (χ0v) is 18.3. The second kappa shape index (κ2) is 20.2. The van der Waals surface area contributed by atoms with Crippen LogP contribution in [0.25, 0.3) is 0 Å². The Hall–Kier alpha value is -1.58. The topological polar surface area (TPSA) is 52.6 Å². The molecule has 0 unspecified atom stereocenters. The number of unbranched alkanes of at least 4 members (excludes halogenated alkanes) is 11. The van der Waals surface area contributed by atoms with E-state index in [0.29, 0.717) is 12.0 Å². The molecular formula is C24H42O4. The van der Waals surface area contributed by atoms with Crippen molar-refractivity contribution >= 4 is 11.9 Å². The van der Waals surface area contributed by atoms with E-state index in [2.05, 4.69) is 25.7 Å². The molecule has 0 rings (SSSR count). The molecule has 0 aliphatic rings. The normalized spacial score (nSPS) is 10.9. The van der Waals surface area contributed by atoms with Crippen molar-refractivity contribution in [3.05, 3.63) is 24.3 Å². The lowest BCUT2D eigenvalue weighted by Crippen LogP contribution is -2.14. The number of hydrogen-bond acceptors (Lipinski definition) is 4. The van der Waals surface area contributed by atoms with Gasteiger partial charge < -0.3 is 9.47 Å².